The van der Waals surface area contributed by atoms with Crippen molar-refractivity contribution in [3.05, 3.63) is 71.8 Å². The topological polar surface area (TPSA) is 64.1 Å². The van der Waals surface area contributed by atoms with Crippen LogP contribution in [-0.4, -0.2) is 25.7 Å². The number of hydrogen-bond donors (Lipinski definition) is 3. The van der Waals surface area contributed by atoms with E-state index in [0.29, 0.717) is 12.5 Å². The molecule has 0 unspecified atom stereocenters. The van der Waals surface area contributed by atoms with Crippen molar-refractivity contribution >= 4 is 0 Å². The van der Waals surface area contributed by atoms with Crippen LogP contribution in [-0.2, 0) is 12.8 Å². The highest BCUT2D eigenvalue weighted by molar-refractivity contribution is 5.16. The van der Waals surface area contributed by atoms with Crippen LogP contribution in [0.5, 0.6) is 0 Å². The third kappa shape index (κ3) is 9.71. The molecule has 0 aromatic heterocycles. The molecule has 0 aliphatic rings. The zero-order valence-corrected chi connectivity index (χ0v) is 16.7. The zero-order chi connectivity index (χ0) is 19.2. The molecule has 3 nitrogen and oxygen atoms in total. The fraction of sp³-hybridized carbons (Fsp3) is 0.500. The quantitative estimate of drug-likeness (QED) is 0.444. The number of nitrogens with one attached hydrogen (secondary N) is 1. The molecule has 27 heavy (non-hydrogen) atoms. The molecule has 1 atom stereocenters. The smallest absolute Gasteiger partial charge is 0.00513 e. The summed E-state index contributed by atoms with van der Waals surface area (Å²) in [6, 6.07) is 21.9. The van der Waals surface area contributed by atoms with E-state index in [1.807, 2.05) is 0 Å². The average molecular weight is 368 g/mol. The predicted molar refractivity (Wildman–Crippen MR) is 117 cm³/mol. The number of rotatable bonds is 14. The van der Waals surface area contributed by atoms with Crippen molar-refractivity contribution in [2.24, 2.45) is 17.4 Å². The minimum atomic E-state index is 0.253. The van der Waals surface area contributed by atoms with Gasteiger partial charge in [-0.15, -0.1) is 0 Å². The van der Waals surface area contributed by atoms with E-state index in [-0.39, 0.29) is 6.04 Å². The lowest BCUT2D eigenvalue weighted by Gasteiger charge is -2.18. The molecule has 148 valence electrons. The molecule has 0 bridgehead atoms. The van der Waals surface area contributed by atoms with Crippen LogP contribution in [0, 0.1) is 5.92 Å². The summed E-state index contributed by atoms with van der Waals surface area (Å²) in [4.78, 5) is 0. The van der Waals surface area contributed by atoms with Crippen LogP contribution in [0.15, 0.2) is 60.7 Å². The number of aryl methyl sites for hydroxylation is 2. The molecule has 2 aromatic rings. The Hall–Kier alpha value is -1.68. The molecule has 2 aromatic carbocycles. The lowest BCUT2D eigenvalue weighted by molar-refractivity contribution is 0.412. The van der Waals surface area contributed by atoms with Crippen molar-refractivity contribution in [2.45, 2.75) is 51.0 Å². The first kappa shape index (κ1) is 21.6. The van der Waals surface area contributed by atoms with E-state index in [1.54, 1.807) is 0 Å². The van der Waals surface area contributed by atoms with Gasteiger partial charge in [0, 0.05) is 6.04 Å². The number of hydrogen-bond acceptors (Lipinski definition) is 3. The summed E-state index contributed by atoms with van der Waals surface area (Å²) in [5, 5.41) is 3.67. The molecule has 0 aliphatic heterocycles. The fourth-order valence-electron chi connectivity index (χ4n) is 3.53. The van der Waals surface area contributed by atoms with Crippen molar-refractivity contribution in [2.75, 3.05) is 19.6 Å². The van der Waals surface area contributed by atoms with E-state index in [2.05, 4.69) is 66.0 Å². The third-order valence-electron chi connectivity index (χ3n) is 5.27. The van der Waals surface area contributed by atoms with Gasteiger partial charge in [0.15, 0.2) is 0 Å². The Kier molecular flexibility index (Phi) is 10.8. The molecule has 5 N–H and O–H groups in total. The summed E-state index contributed by atoms with van der Waals surface area (Å²) in [5.74, 6) is 0.697. The van der Waals surface area contributed by atoms with E-state index in [0.717, 1.165) is 45.2 Å². The highest BCUT2D eigenvalue weighted by atomic mass is 14.9. The second-order valence-electron chi connectivity index (χ2n) is 7.60. The number of nitrogens with two attached hydrogens (primary N) is 2. The van der Waals surface area contributed by atoms with Gasteiger partial charge < -0.3 is 16.8 Å². The molecule has 0 amide bonds. The Morgan fingerprint density at radius 2 is 1.30 bits per heavy atom. The van der Waals surface area contributed by atoms with Gasteiger partial charge >= 0.3 is 0 Å². The molecule has 0 saturated carbocycles. The molecular formula is C24H37N3. The maximum Gasteiger partial charge on any atom is 0.00513 e. The Bertz CT molecular complexity index is 542. The summed E-state index contributed by atoms with van der Waals surface area (Å²) in [6.07, 6.45) is 7.89. The Balaban J connectivity index is 1.74. The van der Waals surface area contributed by atoms with Crippen molar-refractivity contribution in [3.63, 3.8) is 0 Å². The molecule has 2 rings (SSSR count). The Morgan fingerprint density at radius 3 is 1.81 bits per heavy atom. The van der Waals surface area contributed by atoms with Gasteiger partial charge in [-0.2, -0.15) is 0 Å². The maximum absolute atomic E-state index is 6.04. The minimum Gasteiger partial charge on any atom is -0.330 e. The third-order valence-corrected chi connectivity index (χ3v) is 5.27. The summed E-state index contributed by atoms with van der Waals surface area (Å²) >= 11 is 0. The van der Waals surface area contributed by atoms with Gasteiger partial charge in [-0.3, -0.25) is 0 Å². The van der Waals surface area contributed by atoms with Gasteiger partial charge in [-0.1, -0.05) is 60.7 Å². The van der Waals surface area contributed by atoms with Crippen LogP contribution >= 0.6 is 0 Å². The van der Waals surface area contributed by atoms with Crippen molar-refractivity contribution in [3.8, 4) is 0 Å². The summed E-state index contributed by atoms with van der Waals surface area (Å²) in [5.41, 5.74) is 14.5. The highest BCUT2D eigenvalue weighted by Crippen LogP contribution is 2.16. The molecule has 3 heteroatoms. The van der Waals surface area contributed by atoms with Gasteiger partial charge in [-0.05, 0) is 81.6 Å². The first-order chi connectivity index (χ1) is 13.3. The van der Waals surface area contributed by atoms with Gasteiger partial charge in [-0.25, -0.2) is 0 Å². The number of benzene rings is 2. The molecule has 0 spiro atoms. The van der Waals surface area contributed by atoms with E-state index in [4.69, 9.17) is 11.5 Å². The lowest BCUT2D eigenvalue weighted by atomic mass is 9.93. The largest absolute Gasteiger partial charge is 0.330 e. The SMILES string of the molecule is NCC[C@@H](N)CCCNCC(CCc1ccccc1)CCc1ccccc1. The first-order valence-electron chi connectivity index (χ1n) is 10.5. The summed E-state index contributed by atoms with van der Waals surface area (Å²) < 4.78 is 0. The highest BCUT2D eigenvalue weighted by Gasteiger charge is 2.10. The van der Waals surface area contributed by atoms with Gasteiger partial charge in [0.25, 0.3) is 0 Å². The first-order valence-corrected chi connectivity index (χ1v) is 10.5. The Morgan fingerprint density at radius 1 is 0.741 bits per heavy atom. The van der Waals surface area contributed by atoms with Crippen LogP contribution in [0.2, 0.25) is 0 Å². The zero-order valence-electron chi connectivity index (χ0n) is 16.7. The van der Waals surface area contributed by atoms with E-state index in [9.17, 15) is 0 Å². The molecule has 0 radical (unpaired) electrons. The van der Waals surface area contributed by atoms with E-state index < -0.39 is 0 Å². The van der Waals surface area contributed by atoms with E-state index >= 15 is 0 Å². The van der Waals surface area contributed by atoms with Gasteiger partial charge in [0.05, 0.1) is 0 Å². The normalized spacial score (nSPS) is 12.4. The minimum absolute atomic E-state index is 0.253. The fourth-order valence-corrected chi connectivity index (χ4v) is 3.53. The van der Waals surface area contributed by atoms with Crippen LogP contribution in [0.4, 0.5) is 0 Å². The summed E-state index contributed by atoms with van der Waals surface area (Å²) in [6.45, 7) is 2.83. The van der Waals surface area contributed by atoms with E-state index in [1.165, 1.54) is 24.0 Å². The van der Waals surface area contributed by atoms with Crippen LogP contribution in [0.3, 0.4) is 0 Å². The predicted octanol–water partition coefficient (Wildman–Crippen LogP) is 3.91. The lowest BCUT2D eigenvalue weighted by Crippen LogP contribution is -2.28. The molecule has 0 aliphatic carbocycles. The molecular weight excluding hydrogens is 330 g/mol. The molecule has 0 heterocycles. The molecule has 0 fully saturated rings. The second kappa shape index (κ2) is 13.5. The molecule has 0 saturated heterocycles. The van der Waals surface area contributed by atoms with Crippen LogP contribution in [0.1, 0.15) is 43.2 Å². The van der Waals surface area contributed by atoms with Crippen molar-refractivity contribution in [1.29, 1.82) is 0 Å². The maximum atomic E-state index is 6.04. The van der Waals surface area contributed by atoms with Crippen LogP contribution in [0.25, 0.3) is 0 Å². The van der Waals surface area contributed by atoms with Gasteiger partial charge in [0.2, 0.25) is 0 Å². The Labute approximate surface area is 165 Å². The van der Waals surface area contributed by atoms with Crippen LogP contribution < -0.4 is 16.8 Å². The summed E-state index contributed by atoms with van der Waals surface area (Å²) in [7, 11) is 0. The monoisotopic (exact) mass is 367 g/mol. The van der Waals surface area contributed by atoms with Crippen molar-refractivity contribution in [1.82, 2.24) is 5.32 Å². The van der Waals surface area contributed by atoms with Gasteiger partial charge in [0.1, 0.15) is 0 Å². The second-order valence-corrected chi connectivity index (χ2v) is 7.60. The average Bonchev–Trinajstić information content (AvgIpc) is 2.71. The van der Waals surface area contributed by atoms with Crippen molar-refractivity contribution < 1.29 is 0 Å². The standard InChI is InChI=1S/C24H37N3/c25-18-17-24(26)12-7-19-27-20-23(15-13-21-8-3-1-4-9-21)16-14-22-10-5-2-6-11-22/h1-6,8-11,23-24,27H,7,12-20,25-26H2/t24-/m0/s1.